The summed E-state index contributed by atoms with van der Waals surface area (Å²) < 4.78 is 5.29. The van der Waals surface area contributed by atoms with E-state index in [1.807, 2.05) is 43.3 Å². The summed E-state index contributed by atoms with van der Waals surface area (Å²) in [5.41, 5.74) is 8.50. The van der Waals surface area contributed by atoms with Gasteiger partial charge in [0.1, 0.15) is 5.75 Å². The van der Waals surface area contributed by atoms with Crippen LogP contribution in [0.2, 0.25) is 0 Å². The van der Waals surface area contributed by atoms with Crippen molar-refractivity contribution in [1.82, 2.24) is 15.5 Å². The van der Waals surface area contributed by atoms with Gasteiger partial charge in [-0.05, 0) is 68.1 Å². The van der Waals surface area contributed by atoms with E-state index >= 15 is 0 Å². The molecule has 32 heavy (non-hydrogen) atoms. The standard InChI is InChI=1S/C25H34N4O3/c1-17-7-4-5-9-21(17)22(28-25(26)31)15-23(30)27-16-19-8-6-14-29(2)24(19)18-10-12-20(32-3)13-11-18/h4-5,7,9-13,19,22,24H,6,8,14-16H2,1-3H3,(H,27,30)(H3,26,28,31). The van der Waals surface area contributed by atoms with Crippen molar-refractivity contribution in [2.75, 3.05) is 27.2 Å². The van der Waals surface area contributed by atoms with Crippen molar-refractivity contribution < 1.29 is 14.3 Å². The summed E-state index contributed by atoms with van der Waals surface area (Å²) in [5.74, 6) is 1.03. The zero-order valence-electron chi connectivity index (χ0n) is 19.1. The van der Waals surface area contributed by atoms with Crippen molar-refractivity contribution in [3.63, 3.8) is 0 Å². The van der Waals surface area contributed by atoms with Crippen molar-refractivity contribution in [2.24, 2.45) is 11.7 Å². The molecule has 1 fully saturated rings. The van der Waals surface area contributed by atoms with Gasteiger partial charge in [0.2, 0.25) is 5.91 Å². The zero-order valence-corrected chi connectivity index (χ0v) is 19.1. The SMILES string of the molecule is COc1ccc(C2C(CNC(=O)CC(NC(N)=O)c3ccccc3C)CCCN2C)cc1. The summed E-state index contributed by atoms with van der Waals surface area (Å²) in [6.45, 7) is 3.57. The van der Waals surface area contributed by atoms with E-state index < -0.39 is 12.1 Å². The summed E-state index contributed by atoms with van der Waals surface area (Å²) in [5, 5.41) is 5.82. The van der Waals surface area contributed by atoms with Crippen LogP contribution in [0.3, 0.4) is 0 Å². The second-order valence-electron chi connectivity index (χ2n) is 8.53. The Balaban J connectivity index is 1.66. The highest BCUT2D eigenvalue weighted by molar-refractivity contribution is 5.79. The summed E-state index contributed by atoms with van der Waals surface area (Å²) >= 11 is 0. The predicted octanol–water partition coefficient (Wildman–Crippen LogP) is 3.30. The third kappa shape index (κ3) is 6.01. The molecule has 3 atom stereocenters. The van der Waals surface area contributed by atoms with Crippen LogP contribution in [0.15, 0.2) is 48.5 Å². The summed E-state index contributed by atoms with van der Waals surface area (Å²) in [7, 11) is 3.80. The van der Waals surface area contributed by atoms with Crippen molar-refractivity contribution in [3.8, 4) is 5.75 Å². The monoisotopic (exact) mass is 438 g/mol. The first-order chi connectivity index (χ1) is 15.4. The number of hydrogen-bond acceptors (Lipinski definition) is 4. The van der Waals surface area contributed by atoms with Gasteiger partial charge in [-0.1, -0.05) is 36.4 Å². The number of nitrogens with two attached hydrogens (primary N) is 1. The van der Waals surface area contributed by atoms with Gasteiger partial charge in [0.05, 0.1) is 19.6 Å². The molecule has 1 aliphatic heterocycles. The molecule has 0 radical (unpaired) electrons. The van der Waals surface area contributed by atoms with Gasteiger partial charge in [0, 0.05) is 12.6 Å². The summed E-state index contributed by atoms with van der Waals surface area (Å²) in [6, 6.07) is 15.0. The molecule has 172 valence electrons. The highest BCUT2D eigenvalue weighted by Gasteiger charge is 2.31. The minimum absolute atomic E-state index is 0.103. The molecule has 3 rings (SSSR count). The molecular formula is C25H34N4O3. The number of methoxy groups -OCH3 is 1. The molecule has 1 aliphatic rings. The fourth-order valence-corrected chi connectivity index (χ4v) is 4.69. The number of primary amides is 1. The number of urea groups is 1. The second kappa shape index (κ2) is 11.0. The lowest BCUT2D eigenvalue weighted by molar-refractivity contribution is -0.122. The molecule has 2 aromatic rings. The van der Waals surface area contributed by atoms with Gasteiger partial charge < -0.3 is 21.1 Å². The van der Waals surface area contributed by atoms with Crippen LogP contribution in [-0.4, -0.2) is 44.1 Å². The number of benzene rings is 2. The maximum atomic E-state index is 12.8. The number of rotatable bonds is 8. The molecule has 0 bridgehead atoms. The Hall–Kier alpha value is -3.06. The van der Waals surface area contributed by atoms with Gasteiger partial charge in [-0.2, -0.15) is 0 Å². The number of amides is 3. The van der Waals surface area contributed by atoms with E-state index in [1.54, 1.807) is 7.11 Å². The Labute approximate surface area is 190 Å². The molecule has 0 aliphatic carbocycles. The third-order valence-corrected chi connectivity index (χ3v) is 6.30. The number of carbonyl (C=O) groups excluding carboxylic acids is 2. The average molecular weight is 439 g/mol. The van der Waals surface area contributed by atoms with Crippen LogP contribution in [0.25, 0.3) is 0 Å². The zero-order chi connectivity index (χ0) is 23.1. The van der Waals surface area contributed by atoms with Crippen molar-refractivity contribution in [3.05, 3.63) is 65.2 Å². The first-order valence-corrected chi connectivity index (χ1v) is 11.1. The Morgan fingerprint density at radius 3 is 2.56 bits per heavy atom. The van der Waals surface area contributed by atoms with Crippen LogP contribution in [0.1, 0.15) is 48.0 Å². The third-order valence-electron chi connectivity index (χ3n) is 6.30. The van der Waals surface area contributed by atoms with E-state index in [2.05, 4.69) is 34.7 Å². The van der Waals surface area contributed by atoms with E-state index in [4.69, 9.17) is 10.5 Å². The molecule has 0 aromatic heterocycles. The van der Waals surface area contributed by atoms with Gasteiger partial charge in [-0.3, -0.25) is 9.69 Å². The predicted molar refractivity (Wildman–Crippen MR) is 125 cm³/mol. The fraction of sp³-hybridized carbons (Fsp3) is 0.440. The quantitative estimate of drug-likeness (QED) is 0.589. The van der Waals surface area contributed by atoms with Gasteiger partial charge in [0.25, 0.3) is 0 Å². The van der Waals surface area contributed by atoms with Crippen LogP contribution in [-0.2, 0) is 4.79 Å². The van der Waals surface area contributed by atoms with Crippen LogP contribution in [0.5, 0.6) is 5.75 Å². The summed E-state index contributed by atoms with van der Waals surface area (Å²) in [4.78, 5) is 26.7. The van der Waals surface area contributed by atoms with Crippen molar-refractivity contribution in [1.29, 1.82) is 0 Å². The van der Waals surface area contributed by atoms with E-state index in [9.17, 15) is 9.59 Å². The molecule has 3 unspecified atom stereocenters. The number of hydrogen-bond donors (Lipinski definition) is 3. The number of likely N-dealkylation sites (tertiary alicyclic amines) is 1. The Morgan fingerprint density at radius 2 is 1.91 bits per heavy atom. The maximum Gasteiger partial charge on any atom is 0.312 e. The Bertz CT molecular complexity index is 916. The molecule has 3 amide bonds. The number of aryl methyl sites for hydroxylation is 1. The normalized spacial score (nSPS) is 19.7. The van der Waals surface area contributed by atoms with Crippen LogP contribution >= 0.6 is 0 Å². The first-order valence-electron chi connectivity index (χ1n) is 11.1. The van der Waals surface area contributed by atoms with Gasteiger partial charge >= 0.3 is 6.03 Å². The van der Waals surface area contributed by atoms with Crippen LogP contribution in [0.4, 0.5) is 4.79 Å². The van der Waals surface area contributed by atoms with Crippen LogP contribution in [0, 0.1) is 12.8 Å². The molecular weight excluding hydrogens is 404 g/mol. The number of ether oxygens (including phenoxy) is 1. The molecule has 1 heterocycles. The molecule has 0 saturated carbocycles. The van der Waals surface area contributed by atoms with E-state index in [-0.39, 0.29) is 18.4 Å². The lowest BCUT2D eigenvalue weighted by Crippen LogP contribution is -2.42. The minimum atomic E-state index is -0.639. The number of nitrogens with one attached hydrogen (secondary N) is 2. The largest absolute Gasteiger partial charge is 0.497 e. The maximum absolute atomic E-state index is 12.8. The summed E-state index contributed by atoms with van der Waals surface area (Å²) in [6.07, 6.45) is 2.28. The highest BCUT2D eigenvalue weighted by atomic mass is 16.5. The first kappa shape index (κ1) is 23.6. The Morgan fingerprint density at radius 1 is 1.19 bits per heavy atom. The molecule has 7 heteroatoms. The highest BCUT2D eigenvalue weighted by Crippen LogP contribution is 2.35. The lowest BCUT2D eigenvalue weighted by Gasteiger charge is -2.39. The van der Waals surface area contributed by atoms with Crippen molar-refractivity contribution >= 4 is 11.9 Å². The number of piperidine rings is 1. The Kier molecular flexibility index (Phi) is 8.11. The molecule has 7 nitrogen and oxygen atoms in total. The lowest BCUT2D eigenvalue weighted by atomic mass is 9.84. The number of nitrogens with zero attached hydrogens (tertiary/aromatic N) is 1. The molecule has 4 N–H and O–H groups in total. The molecule has 2 aromatic carbocycles. The van der Waals surface area contributed by atoms with E-state index in [0.717, 1.165) is 36.3 Å². The average Bonchev–Trinajstić information content (AvgIpc) is 2.77. The number of carbonyl (C=O) groups is 2. The van der Waals surface area contributed by atoms with Crippen molar-refractivity contribution in [2.45, 2.75) is 38.3 Å². The molecule has 0 spiro atoms. The fourth-order valence-electron chi connectivity index (χ4n) is 4.69. The second-order valence-corrected chi connectivity index (χ2v) is 8.53. The minimum Gasteiger partial charge on any atom is -0.497 e. The smallest absolute Gasteiger partial charge is 0.312 e. The van der Waals surface area contributed by atoms with Gasteiger partial charge in [-0.15, -0.1) is 0 Å². The van der Waals surface area contributed by atoms with E-state index in [1.165, 1.54) is 5.56 Å². The van der Waals surface area contributed by atoms with Gasteiger partial charge in [0.15, 0.2) is 0 Å². The van der Waals surface area contributed by atoms with Gasteiger partial charge in [-0.25, -0.2) is 4.79 Å². The van der Waals surface area contributed by atoms with Crippen LogP contribution < -0.4 is 21.1 Å². The van der Waals surface area contributed by atoms with E-state index in [0.29, 0.717) is 12.5 Å². The topological polar surface area (TPSA) is 96.7 Å². The molecule has 1 saturated heterocycles.